The molecule has 156 valence electrons. The number of thiocarbonyl (C=S) groups is 1. The minimum atomic E-state index is -0.435. The van der Waals surface area contributed by atoms with Gasteiger partial charge in [-0.15, -0.1) is 0 Å². The van der Waals surface area contributed by atoms with Gasteiger partial charge >= 0.3 is 0 Å². The topological polar surface area (TPSA) is 50.8 Å². The number of rotatable bonds is 6. The SMILES string of the molecule is COc1ccc(/C=C2\NC(=S)N(c3ccccc3)C2=O)cc1COc1ccccc1F. The van der Waals surface area contributed by atoms with Crippen LogP contribution >= 0.6 is 12.2 Å². The van der Waals surface area contributed by atoms with Crippen molar-refractivity contribution in [1.29, 1.82) is 0 Å². The first-order valence-corrected chi connectivity index (χ1v) is 9.94. The number of amides is 1. The Balaban J connectivity index is 1.58. The maximum atomic E-state index is 13.9. The molecule has 0 aliphatic carbocycles. The number of nitrogens with zero attached hydrogens (tertiary/aromatic N) is 1. The summed E-state index contributed by atoms with van der Waals surface area (Å²) in [6.45, 7) is 0.108. The van der Waals surface area contributed by atoms with Crippen molar-refractivity contribution in [2.75, 3.05) is 12.0 Å². The highest BCUT2D eigenvalue weighted by molar-refractivity contribution is 7.80. The quantitative estimate of drug-likeness (QED) is 0.451. The average Bonchev–Trinajstić information content (AvgIpc) is 3.06. The van der Waals surface area contributed by atoms with Crippen LogP contribution in [-0.4, -0.2) is 18.1 Å². The molecule has 1 aliphatic rings. The third-order valence-corrected chi connectivity index (χ3v) is 5.01. The Bertz CT molecular complexity index is 1160. The molecule has 1 N–H and O–H groups in total. The van der Waals surface area contributed by atoms with Gasteiger partial charge in [-0.25, -0.2) is 4.39 Å². The summed E-state index contributed by atoms with van der Waals surface area (Å²) in [7, 11) is 1.55. The zero-order valence-corrected chi connectivity index (χ0v) is 17.5. The lowest BCUT2D eigenvalue weighted by atomic mass is 10.1. The van der Waals surface area contributed by atoms with Crippen LogP contribution in [0.5, 0.6) is 11.5 Å². The molecule has 3 aromatic carbocycles. The van der Waals surface area contributed by atoms with Crippen LogP contribution in [0.1, 0.15) is 11.1 Å². The first-order valence-electron chi connectivity index (χ1n) is 9.53. The largest absolute Gasteiger partial charge is 0.496 e. The lowest BCUT2D eigenvalue weighted by Crippen LogP contribution is -2.30. The van der Waals surface area contributed by atoms with Crippen LogP contribution in [0.3, 0.4) is 0 Å². The number of halogens is 1. The fourth-order valence-corrected chi connectivity index (χ4v) is 3.53. The molecule has 1 saturated heterocycles. The number of anilines is 1. The van der Waals surface area contributed by atoms with E-state index in [0.29, 0.717) is 27.8 Å². The fraction of sp³-hybridized carbons (Fsp3) is 0.0833. The summed E-state index contributed by atoms with van der Waals surface area (Å²) in [4.78, 5) is 14.3. The lowest BCUT2D eigenvalue weighted by Gasteiger charge is -2.13. The molecule has 0 bridgehead atoms. The first-order chi connectivity index (χ1) is 15.1. The van der Waals surface area contributed by atoms with E-state index in [1.807, 2.05) is 42.5 Å². The molecule has 0 radical (unpaired) electrons. The first kappa shape index (κ1) is 20.6. The molecule has 1 amide bonds. The van der Waals surface area contributed by atoms with Crippen LogP contribution in [0.25, 0.3) is 6.08 Å². The highest BCUT2D eigenvalue weighted by Gasteiger charge is 2.31. The van der Waals surface area contributed by atoms with Crippen molar-refractivity contribution in [3.05, 3.63) is 95.4 Å². The van der Waals surface area contributed by atoms with Gasteiger partial charge in [-0.1, -0.05) is 36.4 Å². The van der Waals surface area contributed by atoms with E-state index in [2.05, 4.69) is 5.32 Å². The number of carbonyl (C=O) groups excluding carboxylic acids is 1. The predicted octanol–water partition coefficient (Wildman–Crippen LogP) is 4.68. The second kappa shape index (κ2) is 8.97. The fourth-order valence-electron chi connectivity index (χ4n) is 3.23. The van der Waals surface area contributed by atoms with Gasteiger partial charge in [0.1, 0.15) is 18.1 Å². The second-order valence-corrected chi connectivity index (χ2v) is 7.14. The van der Waals surface area contributed by atoms with Gasteiger partial charge in [0.15, 0.2) is 16.7 Å². The lowest BCUT2D eigenvalue weighted by molar-refractivity contribution is -0.113. The van der Waals surface area contributed by atoms with Crippen molar-refractivity contribution in [3.8, 4) is 11.5 Å². The molecular weight excluding hydrogens is 415 g/mol. The van der Waals surface area contributed by atoms with Crippen LogP contribution in [-0.2, 0) is 11.4 Å². The van der Waals surface area contributed by atoms with E-state index in [1.165, 1.54) is 11.0 Å². The molecule has 1 heterocycles. The highest BCUT2D eigenvalue weighted by Crippen LogP contribution is 2.26. The molecule has 3 aromatic rings. The number of para-hydroxylation sites is 2. The Morgan fingerprint density at radius 2 is 1.77 bits per heavy atom. The number of hydrogen-bond acceptors (Lipinski definition) is 4. The molecule has 0 aromatic heterocycles. The molecular formula is C24H19FN2O3S. The van der Waals surface area contributed by atoms with Crippen molar-refractivity contribution in [1.82, 2.24) is 5.32 Å². The number of hydrogen-bond donors (Lipinski definition) is 1. The summed E-state index contributed by atoms with van der Waals surface area (Å²) in [5.74, 6) is 0.0848. The van der Waals surface area contributed by atoms with Crippen molar-refractivity contribution in [2.24, 2.45) is 0 Å². The number of carbonyl (C=O) groups is 1. The van der Waals surface area contributed by atoms with Gasteiger partial charge in [-0.3, -0.25) is 9.69 Å². The van der Waals surface area contributed by atoms with E-state index in [1.54, 1.807) is 37.5 Å². The molecule has 0 unspecified atom stereocenters. The van der Waals surface area contributed by atoms with Crippen molar-refractivity contribution < 1.29 is 18.7 Å². The maximum absolute atomic E-state index is 13.9. The van der Waals surface area contributed by atoms with Gasteiger partial charge in [-0.05, 0) is 60.3 Å². The van der Waals surface area contributed by atoms with Crippen LogP contribution in [0.2, 0.25) is 0 Å². The van der Waals surface area contributed by atoms with Crippen molar-refractivity contribution in [2.45, 2.75) is 6.61 Å². The molecule has 31 heavy (non-hydrogen) atoms. The van der Waals surface area contributed by atoms with E-state index in [4.69, 9.17) is 21.7 Å². The van der Waals surface area contributed by atoms with E-state index in [0.717, 1.165) is 5.56 Å². The summed E-state index contributed by atoms with van der Waals surface area (Å²) in [5, 5.41) is 3.29. The van der Waals surface area contributed by atoms with E-state index < -0.39 is 5.82 Å². The van der Waals surface area contributed by atoms with Gasteiger partial charge in [0.05, 0.1) is 12.8 Å². The van der Waals surface area contributed by atoms with Gasteiger partial charge in [0.25, 0.3) is 5.91 Å². The van der Waals surface area contributed by atoms with Crippen LogP contribution < -0.4 is 19.7 Å². The van der Waals surface area contributed by atoms with E-state index >= 15 is 0 Å². The summed E-state index contributed by atoms with van der Waals surface area (Å²) in [6, 6.07) is 20.8. The smallest absolute Gasteiger partial charge is 0.281 e. The number of nitrogens with one attached hydrogen (secondary N) is 1. The normalized spacial score (nSPS) is 14.6. The number of benzene rings is 3. The van der Waals surface area contributed by atoms with Crippen LogP contribution in [0.15, 0.2) is 78.5 Å². The molecule has 0 saturated carbocycles. The molecule has 0 spiro atoms. The number of ether oxygens (including phenoxy) is 2. The van der Waals surface area contributed by atoms with Gasteiger partial charge in [-0.2, -0.15) is 0 Å². The predicted molar refractivity (Wildman–Crippen MR) is 121 cm³/mol. The Kier molecular flexibility index (Phi) is 5.95. The summed E-state index contributed by atoms with van der Waals surface area (Å²) >= 11 is 5.34. The molecule has 1 aliphatic heterocycles. The maximum Gasteiger partial charge on any atom is 0.281 e. The molecule has 0 atom stereocenters. The zero-order valence-electron chi connectivity index (χ0n) is 16.7. The molecule has 7 heteroatoms. The minimum absolute atomic E-state index is 0.108. The molecule has 4 rings (SSSR count). The van der Waals surface area contributed by atoms with Crippen molar-refractivity contribution >= 4 is 35.0 Å². The van der Waals surface area contributed by atoms with Gasteiger partial charge in [0, 0.05) is 5.56 Å². The Labute approximate surface area is 184 Å². The Hall–Kier alpha value is -3.71. The third kappa shape index (κ3) is 4.41. The standard InChI is InChI=1S/C24H19FN2O3S/c1-29-21-12-11-16(13-17(21)15-30-22-10-6-5-9-19(22)25)14-20-23(28)27(24(31)26-20)18-7-3-2-4-8-18/h2-14H,15H2,1H3,(H,26,31)/b20-14-. The van der Waals surface area contributed by atoms with Crippen molar-refractivity contribution in [3.63, 3.8) is 0 Å². The second-order valence-electron chi connectivity index (χ2n) is 6.75. The monoisotopic (exact) mass is 434 g/mol. The Morgan fingerprint density at radius 1 is 1.03 bits per heavy atom. The number of methoxy groups -OCH3 is 1. The van der Waals surface area contributed by atoms with Gasteiger partial charge in [0.2, 0.25) is 0 Å². The van der Waals surface area contributed by atoms with Crippen LogP contribution in [0.4, 0.5) is 10.1 Å². The van der Waals surface area contributed by atoms with E-state index in [9.17, 15) is 9.18 Å². The molecule has 1 fully saturated rings. The third-order valence-electron chi connectivity index (χ3n) is 4.73. The Morgan fingerprint density at radius 3 is 2.52 bits per heavy atom. The van der Waals surface area contributed by atoms with Crippen LogP contribution in [0, 0.1) is 5.82 Å². The van der Waals surface area contributed by atoms with E-state index in [-0.39, 0.29) is 18.3 Å². The summed E-state index contributed by atoms with van der Waals surface area (Å²) < 4.78 is 24.9. The minimum Gasteiger partial charge on any atom is -0.496 e. The average molecular weight is 434 g/mol. The summed E-state index contributed by atoms with van der Waals surface area (Å²) in [6.07, 6.45) is 1.71. The summed E-state index contributed by atoms with van der Waals surface area (Å²) in [5.41, 5.74) is 2.52. The highest BCUT2D eigenvalue weighted by atomic mass is 32.1. The zero-order chi connectivity index (χ0) is 21.8. The van der Waals surface area contributed by atoms with Gasteiger partial charge < -0.3 is 14.8 Å². The molecule has 5 nitrogen and oxygen atoms in total.